The average Bonchev–Trinajstić information content (AvgIpc) is 2.34. The van der Waals surface area contributed by atoms with Crippen molar-refractivity contribution in [1.82, 2.24) is 0 Å². The lowest BCUT2D eigenvalue weighted by Crippen LogP contribution is -2.13. The van der Waals surface area contributed by atoms with Gasteiger partial charge in [0.2, 0.25) is 0 Å². The molecule has 18 heavy (non-hydrogen) atoms. The van der Waals surface area contributed by atoms with Gasteiger partial charge in [-0.15, -0.1) is 11.8 Å². The molecule has 4 heteroatoms. The van der Waals surface area contributed by atoms with Crippen LogP contribution in [0.3, 0.4) is 0 Å². The molecule has 0 aliphatic heterocycles. The van der Waals surface area contributed by atoms with E-state index in [0.29, 0.717) is 22.8 Å². The molecule has 1 aromatic carbocycles. The second kappa shape index (κ2) is 6.14. The van der Waals surface area contributed by atoms with Crippen LogP contribution in [0, 0.1) is 0 Å². The van der Waals surface area contributed by atoms with E-state index < -0.39 is 0 Å². The molecule has 0 unspecified atom stereocenters. The van der Waals surface area contributed by atoms with E-state index in [2.05, 4.69) is 20.8 Å². The Bertz CT molecular complexity index is 422. The third-order valence-corrected chi connectivity index (χ3v) is 3.61. The first kappa shape index (κ1) is 14.9. The van der Waals surface area contributed by atoms with Gasteiger partial charge in [-0.25, -0.2) is 0 Å². The fourth-order valence-electron chi connectivity index (χ4n) is 1.38. The summed E-state index contributed by atoms with van der Waals surface area (Å²) in [6.07, 6.45) is 0. The van der Waals surface area contributed by atoms with Crippen LogP contribution in [0.5, 0.6) is 11.5 Å². The highest BCUT2D eigenvalue weighted by Crippen LogP contribution is 2.29. The Morgan fingerprint density at radius 1 is 1.17 bits per heavy atom. The normalized spacial score (nSPS) is 11.2. The minimum Gasteiger partial charge on any atom is -0.493 e. The number of benzene rings is 1. The van der Waals surface area contributed by atoms with Gasteiger partial charge < -0.3 is 9.47 Å². The monoisotopic (exact) mass is 268 g/mol. The Morgan fingerprint density at radius 2 is 1.78 bits per heavy atom. The van der Waals surface area contributed by atoms with Crippen LogP contribution in [0.25, 0.3) is 0 Å². The van der Waals surface area contributed by atoms with E-state index in [-0.39, 0.29) is 10.5 Å². The van der Waals surface area contributed by atoms with Crippen molar-refractivity contribution in [3.8, 4) is 11.5 Å². The average molecular weight is 268 g/mol. The van der Waals surface area contributed by atoms with Crippen molar-refractivity contribution in [2.24, 2.45) is 0 Å². The quantitative estimate of drug-likeness (QED) is 0.767. The number of carbonyl (C=O) groups excluding carboxylic acids is 1. The van der Waals surface area contributed by atoms with Gasteiger partial charge in [0.15, 0.2) is 17.3 Å². The molecule has 0 N–H and O–H groups in total. The van der Waals surface area contributed by atoms with Crippen LogP contribution in [0.1, 0.15) is 31.1 Å². The van der Waals surface area contributed by atoms with Crippen LogP contribution in [0.4, 0.5) is 0 Å². The molecular weight excluding hydrogens is 248 g/mol. The zero-order valence-corrected chi connectivity index (χ0v) is 12.4. The lowest BCUT2D eigenvalue weighted by atomic mass is 10.1. The Labute approximate surface area is 113 Å². The number of methoxy groups -OCH3 is 2. The van der Waals surface area contributed by atoms with Gasteiger partial charge in [0.05, 0.1) is 20.0 Å². The van der Waals surface area contributed by atoms with Gasteiger partial charge >= 0.3 is 0 Å². The summed E-state index contributed by atoms with van der Waals surface area (Å²) in [5.41, 5.74) is 0.657. The van der Waals surface area contributed by atoms with Gasteiger partial charge in [0.25, 0.3) is 0 Å². The fraction of sp³-hybridized carbons (Fsp3) is 0.500. The molecule has 0 atom stereocenters. The Kier molecular flexibility index (Phi) is 5.08. The van der Waals surface area contributed by atoms with Crippen LogP contribution in [0.2, 0.25) is 0 Å². The molecule has 1 aromatic rings. The summed E-state index contributed by atoms with van der Waals surface area (Å²) in [4.78, 5) is 12.0. The maximum absolute atomic E-state index is 12.0. The molecule has 0 aliphatic rings. The van der Waals surface area contributed by atoms with Crippen LogP contribution >= 0.6 is 11.8 Å². The fourth-order valence-corrected chi connectivity index (χ4v) is 2.11. The third-order valence-electron chi connectivity index (χ3n) is 2.34. The first-order valence-corrected chi connectivity index (χ1v) is 6.75. The SMILES string of the molecule is COc1ccc(C(=O)CSC(C)(C)C)cc1OC. The lowest BCUT2D eigenvalue weighted by Gasteiger charge is -2.17. The second-order valence-electron chi connectivity index (χ2n) is 4.89. The van der Waals surface area contributed by atoms with Gasteiger partial charge in [-0.3, -0.25) is 4.79 Å². The number of carbonyl (C=O) groups is 1. The van der Waals surface area contributed by atoms with Gasteiger partial charge in [0, 0.05) is 10.3 Å². The van der Waals surface area contributed by atoms with E-state index in [0.717, 1.165) is 0 Å². The van der Waals surface area contributed by atoms with E-state index >= 15 is 0 Å². The topological polar surface area (TPSA) is 35.5 Å². The van der Waals surface area contributed by atoms with Crippen molar-refractivity contribution >= 4 is 17.5 Å². The second-order valence-corrected chi connectivity index (χ2v) is 6.70. The predicted molar refractivity (Wildman–Crippen MR) is 76.1 cm³/mol. The van der Waals surface area contributed by atoms with Crippen LogP contribution in [-0.4, -0.2) is 30.5 Å². The highest BCUT2D eigenvalue weighted by molar-refractivity contribution is 8.01. The van der Waals surface area contributed by atoms with Gasteiger partial charge in [-0.2, -0.15) is 0 Å². The smallest absolute Gasteiger partial charge is 0.172 e. The molecule has 0 radical (unpaired) electrons. The lowest BCUT2D eigenvalue weighted by molar-refractivity contribution is 0.102. The summed E-state index contributed by atoms with van der Waals surface area (Å²) < 4.78 is 10.4. The van der Waals surface area contributed by atoms with Crippen LogP contribution in [-0.2, 0) is 0 Å². The molecule has 3 nitrogen and oxygen atoms in total. The highest BCUT2D eigenvalue weighted by Gasteiger charge is 2.16. The van der Waals surface area contributed by atoms with E-state index in [4.69, 9.17) is 9.47 Å². The van der Waals surface area contributed by atoms with E-state index in [1.165, 1.54) is 0 Å². The number of ether oxygens (including phenoxy) is 2. The molecule has 0 heterocycles. The first-order chi connectivity index (χ1) is 8.37. The molecule has 0 spiro atoms. The zero-order chi connectivity index (χ0) is 13.8. The van der Waals surface area contributed by atoms with Crippen LogP contribution < -0.4 is 9.47 Å². The molecule has 0 aliphatic carbocycles. The Hall–Kier alpha value is -1.16. The van der Waals surface area contributed by atoms with Gasteiger partial charge in [-0.1, -0.05) is 20.8 Å². The number of hydrogen-bond acceptors (Lipinski definition) is 4. The maximum atomic E-state index is 12.0. The predicted octanol–water partition coefficient (Wildman–Crippen LogP) is 3.42. The van der Waals surface area contributed by atoms with Crippen molar-refractivity contribution < 1.29 is 14.3 Å². The first-order valence-electron chi connectivity index (χ1n) is 5.76. The summed E-state index contributed by atoms with van der Waals surface area (Å²) in [6.45, 7) is 6.29. The van der Waals surface area contributed by atoms with E-state index in [9.17, 15) is 4.79 Å². The number of hydrogen-bond donors (Lipinski definition) is 0. The largest absolute Gasteiger partial charge is 0.493 e. The molecule has 1 rings (SSSR count). The summed E-state index contributed by atoms with van der Waals surface area (Å²) >= 11 is 1.64. The summed E-state index contributed by atoms with van der Waals surface area (Å²) in [7, 11) is 3.14. The molecular formula is C14H20O3S. The van der Waals surface area contributed by atoms with Crippen molar-refractivity contribution in [3.63, 3.8) is 0 Å². The Morgan fingerprint density at radius 3 is 2.28 bits per heavy atom. The van der Waals surface area contributed by atoms with E-state index in [1.807, 2.05) is 0 Å². The van der Waals surface area contributed by atoms with Crippen molar-refractivity contribution in [2.45, 2.75) is 25.5 Å². The molecule has 0 aromatic heterocycles. The van der Waals surface area contributed by atoms with Gasteiger partial charge in [0.1, 0.15) is 0 Å². The molecule has 100 valence electrons. The summed E-state index contributed by atoms with van der Waals surface area (Å²) in [5.74, 6) is 1.80. The van der Waals surface area contributed by atoms with Gasteiger partial charge in [-0.05, 0) is 18.2 Å². The zero-order valence-electron chi connectivity index (χ0n) is 11.6. The van der Waals surface area contributed by atoms with Crippen molar-refractivity contribution in [2.75, 3.05) is 20.0 Å². The van der Waals surface area contributed by atoms with Crippen LogP contribution in [0.15, 0.2) is 18.2 Å². The molecule has 0 bridgehead atoms. The minimum absolute atomic E-state index is 0.0895. The number of thioether (sulfide) groups is 1. The van der Waals surface area contributed by atoms with Crippen molar-refractivity contribution in [1.29, 1.82) is 0 Å². The summed E-state index contributed by atoms with van der Waals surface area (Å²) in [5, 5.41) is 0. The third kappa shape index (κ3) is 4.26. The van der Waals surface area contributed by atoms with E-state index in [1.54, 1.807) is 44.2 Å². The number of ketones is 1. The maximum Gasteiger partial charge on any atom is 0.172 e. The molecule has 0 amide bonds. The van der Waals surface area contributed by atoms with Crippen molar-refractivity contribution in [3.05, 3.63) is 23.8 Å². The minimum atomic E-state index is 0.0895. The molecule has 0 fully saturated rings. The molecule has 0 saturated heterocycles. The highest BCUT2D eigenvalue weighted by atomic mass is 32.2. The summed E-state index contributed by atoms with van der Waals surface area (Å²) in [6, 6.07) is 5.26. The Balaban J connectivity index is 2.80. The number of Topliss-reactive ketones (excluding diaryl/α,β-unsaturated/α-hetero) is 1. The number of rotatable bonds is 5. The molecule has 0 saturated carbocycles. The standard InChI is InChI=1S/C14H20O3S/c1-14(2,3)18-9-11(15)10-6-7-12(16-4)13(8-10)17-5/h6-8H,9H2,1-5H3.